The SMILES string of the molecule is c1ccc(-c2ccc(N(c3ccc4c(c3)oc3c5ccncc5ccc43)c3ccc4c5ccccc5n(-c5ccccc5)c4c3)cc2)cc1. The van der Waals surface area contributed by atoms with E-state index in [2.05, 4.69) is 172 Å². The topological polar surface area (TPSA) is 34.2 Å². The lowest BCUT2D eigenvalue weighted by molar-refractivity contribution is 0.672. The Morgan fingerprint density at radius 3 is 1.96 bits per heavy atom. The Balaban J connectivity index is 1.20. The maximum absolute atomic E-state index is 6.63. The summed E-state index contributed by atoms with van der Waals surface area (Å²) in [5, 5.41) is 6.79. The van der Waals surface area contributed by atoms with Crippen LogP contribution in [-0.4, -0.2) is 9.55 Å². The molecule has 10 rings (SSSR count). The molecule has 4 nitrogen and oxygen atoms in total. The molecule has 4 heteroatoms. The highest BCUT2D eigenvalue weighted by Crippen LogP contribution is 2.42. The van der Waals surface area contributed by atoms with E-state index in [1.807, 2.05) is 18.5 Å². The van der Waals surface area contributed by atoms with E-state index in [9.17, 15) is 0 Å². The van der Waals surface area contributed by atoms with Crippen molar-refractivity contribution >= 4 is 71.6 Å². The van der Waals surface area contributed by atoms with Crippen LogP contribution in [0.3, 0.4) is 0 Å². The Labute approximate surface area is 282 Å². The van der Waals surface area contributed by atoms with Crippen LogP contribution in [-0.2, 0) is 0 Å². The third-order valence-electron chi connectivity index (χ3n) is 9.66. The lowest BCUT2D eigenvalue weighted by atomic mass is 10.0. The zero-order valence-electron chi connectivity index (χ0n) is 26.5. The fraction of sp³-hybridized carbons (Fsp3) is 0. The Morgan fingerprint density at radius 1 is 0.469 bits per heavy atom. The molecule has 0 aliphatic carbocycles. The molecule has 0 atom stereocenters. The van der Waals surface area contributed by atoms with Crippen LogP contribution >= 0.6 is 0 Å². The maximum Gasteiger partial charge on any atom is 0.143 e. The van der Waals surface area contributed by atoms with E-state index in [0.717, 1.165) is 61.0 Å². The molecular weight excluding hydrogens is 599 g/mol. The van der Waals surface area contributed by atoms with E-state index in [1.165, 1.54) is 27.4 Å². The summed E-state index contributed by atoms with van der Waals surface area (Å²) in [4.78, 5) is 6.64. The monoisotopic (exact) mass is 627 g/mol. The van der Waals surface area contributed by atoms with Gasteiger partial charge in [0.15, 0.2) is 0 Å². The van der Waals surface area contributed by atoms with E-state index < -0.39 is 0 Å². The average molecular weight is 628 g/mol. The van der Waals surface area contributed by atoms with Crippen LogP contribution < -0.4 is 4.90 Å². The van der Waals surface area contributed by atoms with Crippen molar-refractivity contribution in [2.45, 2.75) is 0 Å². The summed E-state index contributed by atoms with van der Waals surface area (Å²) in [6.45, 7) is 0. The van der Waals surface area contributed by atoms with Gasteiger partial charge in [-0.1, -0.05) is 91.0 Å². The minimum absolute atomic E-state index is 0.849. The van der Waals surface area contributed by atoms with E-state index in [-0.39, 0.29) is 0 Å². The highest BCUT2D eigenvalue weighted by molar-refractivity contribution is 6.15. The Morgan fingerprint density at radius 2 is 1.12 bits per heavy atom. The number of benzene rings is 7. The second kappa shape index (κ2) is 11.0. The fourth-order valence-electron chi connectivity index (χ4n) is 7.36. The van der Waals surface area contributed by atoms with Crippen LogP contribution in [0.1, 0.15) is 0 Å². The molecule has 0 fully saturated rings. The molecule has 7 aromatic carbocycles. The number of furan rings is 1. The van der Waals surface area contributed by atoms with Crippen LogP contribution in [0.2, 0.25) is 0 Å². The van der Waals surface area contributed by atoms with Gasteiger partial charge in [-0.2, -0.15) is 0 Å². The van der Waals surface area contributed by atoms with Crippen molar-refractivity contribution in [3.05, 3.63) is 176 Å². The minimum atomic E-state index is 0.849. The van der Waals surface area contributed by atoms with Crippen LogP contribution in [0.25, 0.3) is 71.3 Å². The normalized spacial score (nSPS) is 11.7. The largest absolute Gasteiger partial charge is 0.455 e. The van der Waals surface area contributed by atoms with Gasteiger partial charge in [-0.3, -0.25) is 4.98 Å². The van der Waals surface area contributed by atoms with Crippen LogP contribution in [0.15, 0.2) is 181 Å². The first-order chi connectivity index (χ1) is 24.3. The van der Waals surface area contributed by atoms with Crippen molar-refractivity contribution < 1.29 is 4.42 Å². The first-order valence-electron chi connectivity index (χ1n) is 16.5. The maximum atomic E-state index is 6.63. The van der Waals surface area contributed by atoms with Gasteiger partial charge in [0.05, 0.1) is 11.0 Å². The summed E-state index contributed by atoms with van der Waals surface area (Å²) in [5.41, 5.74) is 10.7. The summed E-state index contributed by atoms with van der Waals surface area (Å²) in [5.74, 6) is 0. The predicted molar refractivity (Wildman–Crippen MR) is 203 cm³/mol. The first-order valence-corrected chi connectivity index (χ1v) is 16.5. The summed E-state index contributed by atoms with van der Waals surface area (Å²) >= 11 is 0. The van der Waals surface area contributed by atoms with Crippen molar-refractivity contribution in [1.29, 1.82) is 0 Å². The number of para-hydroxylation sites is 2. The zero-order chi connectivity index (χ0) is 32.3. The molecule has 0 spiro atoms. The molecule has 0 bridgehead atoms. The van der Waals surface area contributed by atoms with Gasteiger partial charge in [-0.25, -0.2) is 0 Å². The van der Waals surface area contributed by atoms with Gasteiger partial charge in [0.2, 0.25) is 0 Å². The zero-order valence-corrected chi connectivity index (χ0v) is 26.5. The van der Waals surface area contributed by atoms with E-state index in [0.29, 0.717) is 0 Å². The molecule has 0 amide bonds. The van der Waals surface area contributed by atoms with E-state index >= 15 is 0 Å². The van der Waals surface area contributed by atoms with Crippen molar-refractivity contribution in [3.8, 4) is 16.8 Å². The van der Waals surface area contributed by atoms with Crippen LogP contribution in [0.5, 0.6) is 0 Å². The van der Waals surface area contributed by atoms with Crippen LogP contribution in [0, 0.1) is 0 Å². The third-order valence-corrected chi connectivity index (χ3v) is 9.66. The lowest BCUT2D eigenvalue weighted by Gasteiger charge is -2.26. The molecule has 0 aliphatic heterocycles. The predicted octanol–water partition coefficient (Wildman–Crippen LogP) is 12.4. The van der Waals surface area contributed by atoms with E-state index in [1.54, 1.807) is 0 Å². The minimum Gasteiger partial charge on any atom is -0.455 e. The highest BCUT2D eigenvalue weighted by Gasteiger charge is 2.19. The number of hydrogen-bond donors (Lipinski definition) is 0. The molecule has 0 unspecified atom stereocenters. The summed E-state index contributed by atoms with van der Waals surface area (Å²) < 4.78 is 9.00. The number of nitrogens with zero attached hydrogens (tertiary/aromatic N) is 3. The molecule has 0 N–H and O–H groups in total. The fourth-order valence-corrected chi connectivity index (χ4v) is 7.36. The molecule has 0 saturated heterocycles. The molecule has 230 valence electrons. The summed E-state index contributed by atoms with van der Waals surface area (Å²) in [6.07, 6.45) is 3.71. The third kappa shape index (κ3) is 4.42. The second-order valence-electron chi connectivity index (χ2n) is 12.5. The molecule has 0 aliphatic rings. The van der Waals surface area contributed by atoms with Crippen LogP contribution in [0.4, 0.5) is 17.1 Å². The number of hydrogen-bond acceptors (Lipinski definition) is 3. The van der Waals surface area contributed by atoms with Gasteiger partial charge in [0.1, 0.15) is 11.2 Å². The molecular formula is C45H29N3O. The molecule has 0 saturated carbocycles. The first kappa shape index (κ1) is 27.5. The molecule has 3 aromatic heterocycles. The smallest absolute Gasteiger partial charge is 0.143 e. The number of pyridine rings is 1. The van der Waals surface area contributed by atoms with E-state index in [4.69, 9.17) is 4.42 Å². The number of rotatable bonds is 5. The molecule has 3 heterocycles. The quantitative estimate of drug-likeness (QED) is 0.190. The number of anilines is 3. The van der Waals surface area contributed by atoms with Gasteiger partial charge in [0, 0.05) is 73.5 Å². The number of fused-ring (bicyclic) bond motifs is 8. The summed E-state index contributed by atoms with van der Waals surface area (Å²) in [7, 11) is 0. The molecule has 10 aromatic rings. The Hall–Kier alpha value is -6.65. The van der Waals surface area contributed by atoms with Crippen molar-refractivity contribution in [2.24, 2.45) is 0 Å². The van der Waals surface area contributed by atoms with Gasteiger partial charge < -0.3 is 13.9 Å². The van der Waals surface area contributed by atoms with Gasteiger partial charge in [-0.15, -0.1) is 0 Å². The van der Waals surface area contributed by atoms with Gasteiger partial charge in [0.25, 0.3) is 0 Å². The summed E-state index contributed by atoms with van der Waals surface area (Å²) in [6, 6.07) is 58.3. The lowest BCUT2D eigenvalue weighted by Crippen LogP contribution is -2.10. The second-order valence-corrected chi connectivity index (χ2v) is 12.5. The van der Waals surface area contributed by atoms with Crippen molar-refractivity contribution in [1.82, 2.24) is 9.55 Å². The standard InChI is InChI=1S/C45H29N3O/c1-3-9-30(10-4-1)31-15-18-34(19-16-31)47(36-21-24-40-41-22-17-32-29-46-26-25-37(32)45(41)49-44(40)28-36)35-20-23-39-38-13-7-8-14-42(38)48(43(39)27-35)33-11-5-2-6-12-33/h1-29H. The van der Waals surface area contributed by atoms with Crippen molar-refractivity contribution in [3.63, 3.8) is 0 Å². The Kier molecular flexibility index (Phi) is 6.15. The number of aromatic nitrogens is 2. The highest BCUT2D eigenvalue weighted by atomic mass is 16.3. The average Bonchev–Trinajstić information content (AvgIpc) is 3.71. The molecule has 49 heavy (non-hydrogen) atoms. The van der Waals surface area contributed by atoms with Crippen molar-refractivity contribution in [2.75, 3.05) is 4.90 Å². The molecule has 0 radical (unpaired) electrons. The van der Waals surface area contributed by atoms with Gasteiger partial charge >= 0.3 is 0 Å². The Bertz CT molecular complexity index is 2820. The van der Waals surface area contributed by atoms with Gasteiger partial charge in [-0.05, 0) is 77.9 Å².